The van der Waals surface area contributed by atoms with Crippen LogP contribution in [0.5, 0.6) is 0 Å². The van der Waals surface area contributed by atoms with Gasteiger partial charge in [-0.15, -0.1) is 0 Å². The van der Waals surface area contributed by atoms with Crippen LogP contribution in [0.3, 0.4) is 0 Å². The Kier molecular flexibility index (Phi) is 5.19. The Labute approximate surface area is 189 Å². The van der Waals surface area contributed by atoms with E-state index in [1.807, 2.05) is 42.5 Å². The summed E-state index contributed by atoms with van der Waals surface area (Å²) in [6.45, 7) is 0. The van der Waals surface area contributed by atoms with Crippen molar-refractivity contribution in [1.82, 2.24) is 19.7 Å². The third kappa shape index (κ3) is 4.24. The minimum Gasteiger partial charge on any atom is -0.344 e. The molecule has 0 atom stereocenters. The van der Waals surface area contributed by atoms with Crippen LogP contribution in [0.1, 0.15) is 27.3 Å². The maximum Gasteiger partial charge on any atom is 0.291 e. The fourth-order valence-corrected chi connectivity index (χ4v) is 3.74. The highest BCUT2D eigenvalue weighted by atomic mass is 16.2. The first-order valence-corrected chi connectivity index (χ1v) is 10.4. The molecule has 0 bridgehead atoms. The van der Waals surface area contributed by atoms with Crippen LogP contribution in [-0.4, -0.2) is 31.6 Å². The fraction of sp³-hybridized carbons (Fsp3) is 0.0833. The SMILES string of the molecule is Cn1ccnc1C(=O)Nc1cccc(Cc2ccc3c(c2)/C(=C/Nc2cc[nH]n2)C(=O)N3)c1. The molecule has 0 saturated carbocycles. The molecule has 9 heteroatoms. The lowest BCUT2D eigenvalue weighted by Crippen LogP contribution is -2.16. The normalized spacial score (nSPS) is 13.6. The van der Waals surface area contributed by atoms with E-state index in [0.717, 1.165) is 22.4 Å². The van der Waals surface area contributed by atoms with E-state index in [-0.39, 0.29) is 11.8 Å². The lowest BCUT2D eigenvalue weighted by atomic mass is 9.99. The minimum atomic E-state index is -0.263. The maximum absolute atomic E-state index is 12.5. The van der Waals surface area contributed by atoms with E-state index < -0.39 is 0 Å². The van der Waals surface area contributed by atoms with Crippen molar-refractivity contribution in [2.75, 3.05) is 16.0 Å². The molecule has 1 aliphatic heterocycles. The van der Waals surface area contributed by atoms with Gasteiger partial charge in [0.1, 0.15) is 0 Å². The molecule has 0 radical (unpaired) electrons. The van der Waals surface area contributed by atoms with E-state index in [1.165, 1.54) is 0 Å². The molecule has 9 nitrogen and oxygen atoms in total. The van der Waals surface area contributed by atoms with Crippen molar-refractivity contribution in [3.8, 4) is 0 Å². The van der Waals surface area contributed by atoms with Crippen molar-refractivity contribution in [3.05, 3.63) is 95.8 Å². The van der Waals surface area contributed by atoms with Crippen LogP contribution in [0.15, 0.2) is 73.3 Å². The average molecular weight is 439 g/mol. The second-order valence-corrected chi connectivity index (χ2v) is 7.69. The molecule has 0 spiro atoms. The zero-order chi connectivity index (χ0) is 22.8. The summed E-state index contributed by atoms with van der Waals surface area (Å²) in [6.07, 6.45) is 7.33. The number of hydrogen-bond acceptors (Lipinski definition) is 5. The Hall–Kier alpha value is -4.66. The first kappa shape index (κ1) is 20.3. The highest BCUT2D eigenvalue weighted by molar-refractivity contribution is 6.31. The highest BCUT2D eigenvalue weighted by Gasteiger charge is 2.24. The van der Waals surface area contributed by atoms with Gasteiger partial charge in [-0.05, 0) is 41.8 Å². The number of benzene rings is 2. The van der Waals surface area contributed by atoms with Crippen LogP contribution in [0.4, 0.5) is 17.2 Å². The lowest BCUT2D eigenvalue weighted by Gasteiger charge is -2.09. The minimum absolute atomic E-state index is 0.163. The van der Waals surface area contributed by atoms with Gasteiger partial charge < -0.3 is 20.5 Å². The van der Waals surface area contributed by atoms with Gasteiger partial charge in [0.05, 0.1) is 5.57 Å². The number of aromatic amines is 1. The number of aryl methyl sites for hydroxylation is 1. The van der Waals surface area contributed by atoms with Crippen molar-refractivity contribution in [1.29, 1.82) is 0 Å². The molecule has 4 N–H and O–H groups in total. The predicted molar refractivity (Wildman–Crippen MR) is 126 cm³/mol. The number of amides is 2. The van der Waals surface area contributed by atoms with E-state index in [1.54, 1.807) is 42.5 Å². The zero-order valence-electron chi connectivity index (χ0n) is 17.8. The van der Waals surface area contributed by atoms with Gasteiger partial charge >= 0.3 is 0 Å². The summed E-state index contributed by atoms with van der Waals surface area (Å²) in [7, 11) is 1.78. The number of imidazole rings is 1. The molecule has 33 heavy (non-hydrogen) atoms. The number of H-pyrrole nitrogens is 1. The fourth-order valence-electron chi connectivity index (χ4n) is 3.74. The molecular weight excluding hydrogens is 418 g/mol. The van der Waals surface area contributed by atoms with Gasteiger partial charge in [0, 0.05) is 54.8 Å². The quantitative estimate of drug-likeness (QED) is 0.344. The number of nitrogens with zero attached hydrogens (tertiary/aromatic N) is 3. The van der Waals surface area contributed by atoms with E-state index in [4.69, 9.17) is 0 Å². The third-order valence-corrected chi connectivity index (χ3v) is 5.35. The van der Waals surface area contributed by atoms with Crippen molar-refractivity contribution < 1.29 is 9.59 Å². The molecule has 0 saturated heterocycles. The molecule has 164 valence electrons. The Morgan fingerprint density at radius 2 is 2.03 bits per heavy atom. The number of carbonyl (C=O) groups excluding carboxylic acids is 2. The average Bonchev–Trinajstić information content (AvgIpc) is 3.53. The molecule has 3 heterocycles. The Morgan fingerprint density at radius 3 is 2.82 bits per heavy atom. The number of aromatic nitrogens is 4. The van der Waals surface area contributed by atoms with E-state index in [0.29, 0.717) is 29.3 Å². The van der Waals surface area contributed by atoms with Gasteiger partial charge in [0.2, 0.25) is 0 Å². The first-order chi connectivity index (χ1) is 16.1. The number of fused-ring (bicyclic) bond motifs is 1. The van der Waals surface area contributed by atoms with Crippen LogP contribution >= 0.6 is 0 Å². The zero-order valence-corrected chi connectivity index (χ0v) is 17.8. The van der Waals surface area contributed by atoms with Crippen LogP contribution in [0.25, 0.3) is 5.57 Å². The number of anilines is 3. The second kappa shape index (κ2) is 8.46. The molecule has 0 unspecified atom stereocenters. The number of rotatable bonds is 6. The summed E-state index contributed by atoms with van der Waals surface area (Å²) in [4.78, 5) is 29.0. The summed E-state index contributed by atoms with van der Waals surface area (Å²) in [5.74, 6) is 0.549. The van der Waals surface area contributed by atoms with E-state index in [9.17, 15) is 9.59 Å². The molecule has 2 amide bonds. The van der Waals surface area contributed by atoms with Gasteiger partial charge in [-0.25, -0.2) is 4.98 Å². The number of nitrogens with one attached hydrogen (secondary N) is 4. The first-order valence-electron chi connectivity index (χ1n) is 10.4. The van der Waals surface area contributed by atoms with Crippen molar-refractivity contribution in [2.24, 2.45) is 7.05 Å². The summed E-state index contributed by atoms with van der Waals surface area (Å²) in [5.41, 5.74) is 4.93. The van der Waals surface area contributed by atoms with Gasteiger partial charge in [-0.3, -0.25) is 14.7 Å². The topological polar surface area (TPSA) is 117 Å². The summed E-state index contributed by atoms with van der Waals surface area (Å²) in [5, 5.41) is 15.6. The summed E-state index contributed by atoms with van der Waals surface area (Å²) >= 11 is 0. The van der Waals surface area contributed by atoms with Crippen LogP contribution in [0.2, 0.25) is 0 Å². The van der Waals surface area contributed by atoms with Gasteiger partial charge in [-0.2, -0.15) is 5.10 Å². The van der Waals surface area contributed by atoms with Crippen LogP contribution < -0.4 is 16.0 Å². The summed E-state index contributed by atoms with van der Waals surface area (Å²) in [6, 6.07) is 15.4. The van der Waals surface area contributed by atoms with Crippen molar-refractivity contribution in [2.45, 2.75) is 6.42 Å². The van der Waals surface area contributed by atoms with Gasteiger partial charge in [-0.1, -0.05) is 18.2 Å². The largest absolute Gasteiger partial charge is 0.344 e. The predicted octanol–water partition coefficient (Wildman–Crippen LogP) is 3.39. The van der Waals surface area contributed by atoms with Crippen molar-refractivity contribution >= 4 is 34.6 Å². The Balaban J connectivity index is 1.34. The molecule has 1 aliphatic rings. The number of hydrogen-bond donors (Lipinski definition) is 4. The van der Waals surface area contributed by atoms with E-state index in [2.05, 4.69) is 31.1 Å². The smallest absolute Gasteiger partial charge is 0.291 e. The highest BCUT2D eigenvalue weighted by Crippen LogP contribution is 2.33. The maximum atomic E-state index is 12.5. The summed E-state index contributed by atoms with van der Waals surface area (Å²) < 4.78 is 1.67. The van der Waals surface area contributed by atoms with Crippen molar-refractivity contribution in [3.63, 3.8) is 0 Å². The Bertz CT molecular complexity index is 1370. The Morgan fingerprint density at radius 1 is 1.15 bits per heavy atom. The second-order valence-electron chi connectivity index (χ2n) is 7.69. The molecule has 2 aromatic heterocycles. The monoisotopic (exact) mass is 439 g/mol. The third-order valence-electron chi connectivity index (χ3n) is 5.35. The lowest BCUT2D eigenvalue weighted by molar-refractivity contribution is -0.110. The molecule has 5 rings (SSSR count). The van der Waals surface area contributed by atoms with E-state index >= 15 is 0 Å². The molecule has 4 aromatic rings. The van der Waals surface area contributed by atoms with Crippen LogP contribution in [0, 0.1) is 0 Å². The molecule has 0 aliphatic carbocycles. The molecular formula is C24H21N7O2. The van der Waals surface area contributed by atoms with Crippen LogP contribution in [-0.2, 0) is 18.3 Å². The van der Waals surface area contributed by atoms with Gasteiger partial charge in [0.15, 0.2) is 11.6 Å². The standard InChI is InChI=1S/C24H21N7O2/c1-31-10-9-25-22(31)24(33)28-17-4-2-3-15(12-17)11-16-5-6-20-18(13-16)19(23(32)29-20)14-26-21-7-8-27-30-21/h2-10,12-14H,11H2,1H3,(H,28,33)(H,29,32)(H2,26,27,30)/b19-14-. The molecule has 0 fully saturated rings. The molecule has 2 aromatic carbocycles. The number of carbonyl (C=O) groups is 2. The van der Waals surface area contributed by atoms with Gasteiger partial charge in [0.25, 0.3) is 11.8 Å².